The maximum Gasteiger partial charge on any atom is 0.253 e. The molecule has 4 nitrogen and oxygen atoms in total. The molecular formula is C15H17N3OS. The molecule has 0 bridgehead atoms. The highest BCUT2D eigenvalue weighted by Gasteiger charge is 2.31. The predicted octanol–water partition coefficient (Wildman–Crippen LogP) is 2.67. The molecule has 0 saturated carbocycles. The van der Waals surface area contributed by atoms with Gasteiger partial charge < -0.3 is 5.32 Å². The molecule has 1 saturated heterocycles. The van der Waals surface area contributed by atoms with E-state index in [0.29, 0.717) is 18.4 Å². The first-order valence-electron chi connectivity index (χ1n) is 6.73. The zero-order valence-electron chi connectivity index (χ0n) is 11.5. The van der Waals surface area contributed by atoms with E-state index >= 15 is 0 Å². The van der Waals surface area contributed by atoms with Gasteiger partial charge in [-0.2, -0.15) is 0 Å². The summed E-state index contributed by atoms with van der Waals surface area (Å²) in [4.78, 5) is 16.5. The lowest BCUT2D eigenvalue weighted by Crippen LogP contribution is -2.26. The summed E-state index contributed by atoms with van der Waals surface area (Å²) in [6.45, 7) is 4.91. The summed E-state index contributed by atoms with van der Waals surface area (Å²) in [5, 5.41) is 9.19. The van der Waals surface area contributed by atoms with Crippen molar-refractivity contribution >= 4 is 33.3 Å². The molecule has 2 heterocycles. The highest BCUT2D eigenvalue weighted by atomic mass is 32.1. The molecule has 0 spiro atoms. The fourth-order valence-corrected chi connectivity index (χ4v) is 3.21. The Morgan fingerprint density at radius 1 is 1.35 bits per heavy atom. The van der Waals surface area contributed by atoms with E-state index < -0.39 is 0 Å². The maximum absolute atomic E-state index is 12.1. The van der Waals surface area contributed by atoms with Crippen LogP contribution in [0.15, 0.2) is 34.6 Å². The van der Waals surface area contributed by atoms with E-state index in [4.69, 9.17) is 0 Å². The van der Waals surface area contributed by atoms with Crippen molar-refractivity contribution in [2.24, 2.45) is 10.9 Å². The molecule has 1 aliphatic rings. The van der Waals surface area contributed by atoms with Crippen molar-refractivity contribution in [1.82, 2.24) is 10.6 Å². The Kier molecular flexibility index (Phi) is 3.44. The zero-order chi connectivity index (χ0) is 14.1. The van der Waals surface area contributed by atoms with Gasteiger partial charge >= 0.3 is 0 Å². The van der Waals surface area contributed by atoms with Crippen LogP contribution in [-0.4, -0.2) is 18.4 Å². The van der Waals surface area contributed by atoms with Gasteiger partial charge in [0.15, 0.2) is 5.96 Å². The number of guanidine groups is 1. The van der Waals surface area contributed by atoms with Crippen molar-refractivity contribution < 1.29 is 4.79 Å². The largest absolute Gasteiger partial charge is 0.340 e. The first kappa shape index (κ1) is 13.1. The summed E-state index contributed by atoms with van der Waals surface area (Å²) in [5.74, 6) is 1.03. The fraction of sp³-hybridized carbons (Fsp3) is 0.333. The van der Waals surface area contributed by atoms with Gasteiger partial charge in [-0.25, -0.2) is 0 Å². The Bertz CT molecular complexity index is 675. The molecule has 1 fully saturated rings. The minimum atomic E-state index is -0.336. The zero-order valence-corrected chi connectivity index (χ0v) is 12.3. The second-order valence-electron chi connectivity index (χ2n) is 5.34. The molecule has 0 aliphatic carbocycles. The molecular weight excluding hydrogens is 270 g/mol. The molecule has 2 aromatic rings. The Hall–Kier alpha value is -1.88. The molecule has 0 radical (unpaired) electrons. The quantitative estimate of drug-likeness (QED) is 0.912. The summed E-state index contributed by atoms with van der Waals surface area (Å²) in [6, 6.07) is 7.81. The summed E-state index contributed by atoms with van der Waals surface area (Å²) in [5.41, 5.74) is 1.03. The Balaban J connectivity index is 1.88. The van der Waals surface area contributed by atoms with Gasteiger partial charge in [0.2, 0.25) is 0 Å². The van der Waals surface area contributed by atoms with Gasteiger partial charge in [0, 0.05) is 16.8 Å². The second kappa shape index (κ2) is 5.25. The van der Waals surface area contributed by atoms with Crippen LogP contribution in [0.1, 0.15) is 25.5 Å². The van der Waals surface area contributed by atoms with Crippen LogP contribution in [0, 0.1) is 5.92 Å². The van der Waals surface area contributed by atoms with E-state index in [-0.39, 0.29) is 11.9 Å². The number of fused-ring (bicyclic) bond motifs is 1. The van der Waals surface area contributed by atoms with Gasteiger partial charge in [-0.1, -0.05) is 32.0 Å². The van der Waals surface area contributed by atoms with Crippen molar-refractivity contribution in [3.63, 3.8) is 0 Å². The molecule has 2 N–H and O–H groups in total. The topological polar surface area (TPSA) is 53.5 Å². The molecule has 1 amide bonds. The first-order chi connectivity index (χ1) is 9.65. The maximum atomic E-state index is 12.1. The number of hydrogen-bond acceptors (Lipinski definition) is 3. The van der Waals surface area contributed by atoms with Gasteiger partial charge in [-0.05, 0) is 22.8 Å². The number of amides is 1. The Labute approximate surface area is 121 Å². The van der Waals surface area contributed by atoms with Crippen LogP contribution >= 0.6 is 11.3 Å². The van der Waals surface area contributed by atoms with Crippen LogP contribution < -0.4 is 10.6 Å². The number of carbonyl (C=O) groups is 1. The van der Waals surface area contributed by atoms with Gasteiger partial charge in [-0.15, -0.1) is 11.3 Å². The van der Waals surface area contributed by atoms with Gasteiger partial charge in [0.25, 0.3) is 5.91 Å². The molecule has 3 rings (SSSR count). The third-order valence-electron chi connectivity index (χ3n) is 3.22. The number of nitrogens with one attached hydrogen (secondary N) is 2. The Morgan fingerprint density at radius 3 is 2.95 bits per heavy atom. The third-order valence-corrected chi connectivity index (χ3v) is 4.20. The molecule has 1 aliphatic heterocycles. The van der Waals surface area contributed by atoms with Crippen LogP contribution in [0.3, 0.4) is 0 Å². The standard InChI is InChI=1S/C15H17N3OS/c1-9(2)7-16-15-17-13(14(19)18-15)11-8-20-12-6-4-3-5-10(11)12/h3-6,8-9,13H,7H2,1-2H3,(H2,16,17,18,19). The molecule has 104 valence electrons. The average molecular weight is 287 g/mol. The minimum Gasteiger partial charge on any atom is -0.340 e. The highest BCUT2D eigenvalue weighted by Crippen LogP contribution is 2.31. The normalized spacial score (nSPS) is 20.6. The van der Waals surface area contributed by atoms with Crippen molar-refractivity contribution in [2.45, 2.75) is 19.9 Å². The van der Waals surface area contributed by atoms with E-state index in [0.717, 1.165) is 10.9 Å². The number of thiophene rings is 1. The van der Waals surface area contributed by atoms with Crippen molar-refractivity contribution in [1.29, 1.82) is 0 Å². The van der Waals surface area contributed by atoms with E-state index in [9.17, 15) is 4.79 Å². The monoisotopic (exact) mass is 287 g/mol. The van der Waals surface area contributed by atoms with Crippen molar-refractivity contribution in [3.8, 4) is 0 Å². The first-order valence-corrected chi connectivity index (χ1v) is 7.61. The summed E-state index contributed by atoms with van der Waals surface area (Å²) in [6.07, 6.45) is 0. The Morgan fingerprint density at radius 2 is 2.15 bits per heavy atom. The lowest BCUT2D eigenvalue weighted by Gasteiger charge is -2.06. The van der Waals surface area contributed by atoms with Crippen molar-refractivity contribution in [2.75, 3.05) is 6.54 Å². The SMILES string of the molecule is CC(C)CN=C1NC(=O)C(c2csc3ccccc23)N1. The molecule has 1 aromatic heterocycles. The smallest absolute Gasteiger partial charge is 0.253 e. The van der Waals surface area contributed by atoms with Gasteiger partial charge in [-0.3, -0.25) is 15.1 Å². The van der Waals surface area contributed by atoms with E-state index in [1.807, 2.05) is 17.5 Å². The second-order valence-corrected chi connectivity index (χ2v) is 6.25. The highest BCUT2D eigenvalue weighted by molar-refractivity contribution is 7.17. The van der Waals surface area contributed by atoms with E-state index in [1.54, 1.807) is 11.3 Å². The average Bonchev–Trinajstić information content (AvgIpc) is 2.99. The molecule has 1 aromatic carbocycles. The van der Waals surface area contributed by atoms with Crippen molar-refractivity contribution in [3.05, 3.63) is 35.2 Å². The number of aliphatic imine (C=N–C) groups is 1. The lowest BCUT2D eigenvalue weighted by molar-refractivity contribution is -0.120. The van der Waals surface area contributed by atoms with Crippen LogP contribution in [0.4, 0.5) is 0 Å². The number of hydrogen-bond donors (Lipinski definition) is 2. The van der Waals surface area contributed by atoms with Crippen LogP contribution in [-0.2, 0) is 4.79 Å². The number of benzene rings is 1. The van der Waals surface area contributed by atoms with Gasteiger partial charge in [0.1, 0.15) is 6.04 Å². The number of nitrogens with zero attached hydrogens (tertiary/aromatic N) is 1. The van der Waals surface area contributed by atoms with E-state index in [2.05, 4.69) is 41.6 Å². The summed E-state index contributed by atoms with van der Waals surface area (Å²) >= 11 is 1.66. The minimum absolute atomic E-state index is 0.0314. The van der Waals surface area contributed by atoms with Crippen LogP contribution in [0.5, 0.6) is 0 Å². The van der Waals surface area contributed by atoms with E-state index in [1.165, 1.54) is 4.70 Å². The molecule has 20 heavy (non-hydrogen) atoms. The van der Waals surface area contributed by atoms with Crippen LogP contribution in [0.2, 0.25) is 0 Å². The molecule has 1 atom stereocenters. The summed E-state index contributed by atoms with van der Waals surface area (Å²) in [7, 11) is 0. The van der Waals surface area contributed by atoms with Crippen LogP contribution in [0.25, 0.3) is 10.1 Å². The number of carbonyl (C=O) groups excluding carboxylic acids is 1. The predicted molar refractivity (Wildman–Crippen MR) is 83.0 cm³/mol. The lowest BCUT2D eigenvalue weighted by atomic mass is 10.1. The molecule has 1 unspecified atom stereocenters. The van der Waals surface area contributed by atoms with Gasteiger partial charge in [0.05, 0.1) is 0 Å². The third kappa shape index (κ3) is 2.41. The summed E-state index contributed by atoms with van der Waals surface area (Å²) < 4.78 is 1.20. The fourth-order valence-electron chi connectivity index (χ4n) is 2.23. The number of rotatable bonds is 3. The molecule has 5 heteroatoms.